The highest BCUT2D eigenvalue weighted by molar-refractivity contribution is 5.86. The SMILES string of the molecule is CC(=O)OC1CC2C(CC(OC(=O)/C=C/c3cn(C)cn3)C/C=C\C1O)C(C)=CCC2C(C)C. The van der Waals surface area contributed by atoms with Gasteiger partial charge in [0.1, 0.15) is 18.3 Å². The van der Waals surface area contributed by atoms with E-state index in [0.29, 0.717) is 36.8 Å². The molecule has 3 rings (SSSR count). The monoisotopic (exact) mass is 470 g/mol. The Kier molecular flexibility index (Phi) is 8.89. The summed E-state index contributed by atoms with van der Waals surface area (Å²) in [6, 6.07) is 0. The molecule has 6 atom stereocenters. The Balaban J connectivity index is 1.84. The van der Waals surface area contributed by atoms with E-state index in [0.717, 1.165) is 6.42 Å². The Bertz CT molecular complexity index is 945. The number of esters is 2. The second-order valence-electron chi connectivity index (χ2n) is 9.99. The predicted molar refractivity (Wildman–Crippen MR) is 130 cm³/mol. The molecule has 2 aliphatic rings. The summed E-state index contributed by atoms with van der Waals surface area (Å²) in [7, 11) is 1.87. The van der Waals surface area contributed by atoms with Crippen LogP contribution < -0.4 is 0 Å². The van der Waals surface area contributed by atoms with Gasteiger partial charge in [-0.2, -0.15) is 0 Å². The topological polar surface area (TPSA) is 90.7 Å². The van der Waals surface area contributed by atoms with Crippen LogP contribution in [0.2, 0.25) is 0 Å². The van der Waals surface area contributed by atoms with Crippen LogP contribution >= 0.6 is 0 Å². The van der Waals surface area contributed by atoms with E-state index < -0.39 is 18.2 Å². The van der Waals surface area contributed by atoms with Gasteiger partial charge in [-0.3, -0.25) is 4.79 Å². The fourth-order valence-electron chi connectivity index (χ4n) is 5.33. The van der Waals surface area contributed by atoms with Crippen LogP contribution in [0.25, 0.3) is 6.08 Å². The summed E-state index contributed by atoms with van der Waals surface area (Å²) in [5, 5.41) is 10.8. The van der Waals surface area contributed by atoms with Crippen LogP contribution in [0.1, 0.15) is 59.1 Å². The molecule has 6 unspecified atom stereocenters. The number of imidazole rings is 1. The van der Waals surface area contributed by atoms with Gasteiger partial charge in [0, 0.05) is 32.7 Å². The van der Waals surface area contributed by atoms with Gasteiger partial charge in [0.15, 0.2) is 0 Å². The number of aromatic nitrogens is 2. The minimum Gasteiger partial charge on any atom is -0.459 e. The lowest BCUT2D eigenvalue weighted by molar-refractivity contribution is -0.153. The minimum atomic E-state index is -0.901. The van der Waals surface area contributed by atoms with Gasteiger partial charge < -0.3 is 19.1 Å². The molecule has 34 heavy (non-hydrogen) atoms. The van der Waals surface area contributed by atoms with Crippen molar-refractivity contribution in [1.29, 1.82) is 0 Å². The highest BCUT2D eigenvalue weighted by Gasteiger charge is 2.40. The van der Waals surface area contributed by atoms with Crippen molar-refractivity contribution in [2.75, 3.05) is 0 Å². The lowest BCUT2D eigenvalue weighted by atomic mass is 9.64. The smallest absolute Gasteiger partial charge is 0.331 e. The third-order valence-corrected chi connectivity index (χ3v) is 7.07. The van der Waals surface area contributed by atoms with Crippen molar-refractivity contribution < 1.29 is 24.2 Å². The molecule has 186 valence electrons. The van der Waals surface area contributed by atoms with Crippen molar-refractivity contribution >= 4 is 18.0 Å². The normalized spacial score (nSPS) is 31.0. The first kappa shape index (κ1) is 25.9. The van der Waals surface area contributed by atoms with E-state index in [9.17, 15) is 14.7 Å². The average molecular weight is 471 g/mol. The molecular formula is C27H38N2O5. The predicted octanol–water partition coefficient (Wildman–Crippen LogP) is 4.23. The fraction of sp³-hybridized carbons (Fsp3) is 0.593. The molecule has 0 saturated carbocycles. The number of hydrogen-bond donors (Lipinski definition) is 1. The maximum Gasteiger partial charge on any atom is 0.331 e. The Morgan fingerprint density at radius 2 is 2.00 bits per heavy atom. The molecule has 1 heterocycles. The molecule has 1 aromatic heterocycles. The van der Waals surface area contributed by atoms with Crippen LogP contribution in [0, 0.1) is 23.7 Å². The molecule has 0 aliphatic heterocycles. The first-order chi connectivity index (χ1) is 16.1. The number of aliphatic hydroxyl groups excluding tert-OH is 1. The van der Waals surface area contributed by atoms with Crippen molar-refractivity contribution in [3.05, 3.63) is 48.1 Å². The molecule has 0 saturated heterocycles. The van der Waals surface area contributed by atoms with Gasteiger partial charge in [-0.25, -0.2) is 9.78 Å². The number of hydrogen-bond acceptors (Lipinski definition) is 6. The number of nitrogens with zero attached hydrogens (tertiary/aromatic N) is 2. The zero-order valence-electron chi connectivity index (χ0n) is 20.9. The van der Waals surface area contributed by atoms with Gasteiger partial charge in [0.2, 0.25) is 0 Å². The number of carbonyl (C=O) groups is 2. The van der Waals surface area contributed by atoms with Crippen molar-refractivity contribution in [3.63, 3.8) is 0 Å². The van der Waals surface area contributed by atoms with Gasteiger partial charge in [0.25, 0.3) is 0 Å². The average Bonchev–Trinajstić information content (AvgIpc) is 3.18. The van der Waals surface area contributed by atoms with E-state index in [2.05, 4.69) is 31.8 Å². The number of allylic oxidation sites excluding steroid dienone is 2. The molecular weight excluding hydrogens is 432 g/mol. The molecule has 7 heteroatoms. The first-order valence-electron chi connectivity index (χ1n) is 12.2. The summed E-state index contributed by atoms with van der Waals surface area (Å²) in [5.41, 5.74) is 1.96. The number of rotatable bonds is 5. The summed E-state index contributed by atoms with van der Waals surface area (Å²) in [6.45, 7) is 7.94. The van der Waals surface area contributed by atoms with E-state index in [1.165, 1.54) is 18.6 Å². The standard InChI is InChI=1S/C27H38N2O5/c1-17(2)22-11-9-18(3)23-13-21(34-27(32)12-10-20-15-29(5)16-28-20)7-6-8-25(31)26(14-24(22)23)33-19(4)30/h6,8-10,12,15-17,21-26,31H,7,11,13-14H2,1-5H3/b8-6-,12-10+. The number of carbonyl (C=O) groups excluding carboxylic acids is 2. The highest BCUT2D eigenvalue weighted by atomic mass is 16.6. The van der Waals surface area contributed by atoms with Crippen LogP contribution in [0.5, 0.6) is 0 Å². The zero-order valence-corrected chi connectivity index (χ0v) is 20.9. The van der Waals surface area contributed by atoms with Crippen LogP contribution in [-0.2, 0) is 26.1 Å². The van der Waals surface area contributed by atoms with Crippen molar-refractivity contribution in [3.8, 4) is 0 Å². The maximum atomic E-state index is 12.6. The Hall–Kier alpha value is -2.67. The molecule has 0 bridgehead atoms. The second kappa shape index (κ2) is 11.6. The molecule has 7 nitrogen and oxygen atoms in total. The number of fused-ring (bicyclic) bond motifs is 1. The summed E-state index contributed by atoms with van der Waals surface area (Å²) in [6.07, 6.45) is 13.2. The Morgan fingerprint density at radius 1 is 1.24 bits per heavy atom. The molecule has 0 radical (unpaired) electrons. The van der Waals surface area contributed by atoms with Crippen molar-refractivity contribution in [1.82, 2.24) is 9.55 Å². The zero-order chi connectivity index (χ0) is 24.8. The van der Waals surface area contributed by atoms with E-state index in [1.54, 1.807) is 18.5 Å². The maximum absolute atomic E-state index is 12.6. The molecule has 2 aliphatic carbocycles. The van der Waals surface area contributed by atoms with E-state index in [1.807, 2.05) is 23.9 Å². The molecule has 1 aromatic rings. The third kappa shape index (κ3) is 6.92. The lowest BCUT2D eigenvalue weighted by Gasteiger charge is -2.43. The van der Waals surface area contributed by atoms with Gasteiger partial charge in [-0.1, -0.05) is 37.6 Å². The van der Waals surface area contributed by atoms with Crippen LogP contribution in [0.3, 0.4) is 0 Å². The quantitative estimate of drug-likeness (QED) is 0.393. The highest BCUT2D eigenvalue weighted by Crippen LogP contribution is 2.45. The number of aryl methyl sites for hydroxylation is 1. The summed E-state index contributed by atoms with van der Waals surface area (Å²) in [4.78, 5) is 28.6. The number of aliphatic hydroxyl groups is 1. The van der Waals surface area contributed by atoms with E-state index in [4.69, 9.17) is 9.47 Å². The number of ether oxygens (including phenoxy) is 2. The van der Waals surface area contributed by atoms with E-state index in [-0.39, 0.29) is 23.9 Å². The van der Waals surface area contributed by atoms with Crippen molar-refractivity contribution in [2.45, 2.75) is 71.7 Å². The van der Waals surface area contributed by atoms with Gasteiger partial charge in [-0.05, 0) is 55.9 Å². The largest absolute Gasteiger partial charge is 0.459 e. The van der Waals surface area contributed by atoms with Gasteiger partial charge in [0.05, 0.1) is 12.0 Å². The molecule has 0 amide bonds. The summed E-state index contributed by atoms with van der Waals surface area (Å²) < 4.78 is 13.2. The minimum absolute atomic E-state index is 0.176. The summed E-state index contributed by atoms with van der Waals surface area (Å²) >= 11 is 0. The lowest BCUT2D eigenvalue weighted by Crippen LogP contribution is -2.40. The summed E-state index contributed by atoms with van der Waals surface area (Å²) in [5.74, 6) is 0.419. The van der Waals surface area contributed by atoms with Crippen LogP contribution in [0.4, 0.5) is 0 Å². The molecule has 0 fully saturated rings. The Labute approximate surface area is 202 Å². The molecule has 0 spiro atoms. The van der Waals surface area contributed by atoms with Crippen molar-refractivity contribution in [2.24, 2.45) is 30.7 Å². The first-order valence-corrected chi connectivity index (χ1v) is 12.2. The van der Waals surface area contributed by atoms with Gasteiger partial charge >= 0.3 is 11.9 Å². The van der Waals surface area contributed by atoms with Crippen LogP contribution in [0.15, 0.2) is 42.4 Å². The Morgan fingerprint density at radius 3 is 2.65 bits per heavy atom. The van der Waals surface area contributed by atoms with E-state index >= 15 is 0 Å². The fourth-order valence-corrected chi connectivity index (χ4v) is 5.33. The third-order valence-electron chi connectivity index (χ3n) is 7.07. The molecule has 1 N–H and O–H groups in total. The van der Waals surface area contributed by atoms with Gasteiger partial charge in [-0.15, -0.1) is 0 Å². The molecule has 0 aromatic carbocycles. The second-order valence-corrected chi connectivity index (χ2v) is 9.99. The van der Waals surface area contributed by atoms with Crippen LogP contribution in [-0.4, -0.2) is 44.9 Å².